The maximum absolute atomic E-state index is 12.9. The highest BCUT2D eigenvalue weighted by atomic mass is 35.5. The molecule has 1 heterocycles. The van der Waals surface area contributed by atoms with Gasteiger partial charge in [-0.15, -0.1) is 12.4 Å². The third-order valence-corrected chi connectivity index (χ3v) is 4.76. The number of piperidine rings is 1. The van der Waals surface area contributed by atoms with Crippen molar-refractivity contribution < 1.29 is 14.0 Å². The molecule has 1 fully saturated rings. The van der Waals surface area contributed by atoms with Crippen LogP contribution in [0.15, 0.2) is 42.5 Å². The number of carbonyl (C=O) groups is 2. The Labute approximate surface area is 164 Å². The third-order valence-electron chi connectivity index (χ3n) is 4.76. The molecule has 1 aliphatic rings. The van der Waals surface area contributed by atoms with Gasteiger partial charge in [0.1, 0.15) is 5.82 Å². The van der Waals surface area contributed by atoms with Crippen molar-refractivity contribution in [2.45, 2.75) is 19.8 Å². The molecule has 3 N–H and O–H groups in total. The van der Waals surface area contributed by atoms with E-state index in [-0.39, 0.29) is 36.0 Å². The first-order chi connectivity index (χ1) is 12.4. The lowest BCUT2D eigenvalue weighted by atomic mass is 9.95. The van der Waals surface area contributed by atoms with Gasteiger partial charge in [0, 0.05) is 35.9 Å². The molecule has 2 amide bonds. The van der Waals surface area contributed by atoms with Crippen LogP contribution in [-0.2, 0) is 4.79 Å². The predicted octanol–water partition coefficient (Wildman–Crippen LogP) is 3.63. The van der Waals surface area contributed by atoms with Crippen LogP contribution in [0.1, 0.15) is 28.8 Å². The van der Waals surface area contributed by atoms with E-state index in [1.54, 1.807) is 17.0 Å². The summed E-state index contributed by atoms with van der Waals surface area (Å²) in [5.41, 5.74) is 8.43. The number of nitrogens with zero attached hydrogens (tertiary/aromatic N) is 1. The highest BCUT2D eigenvalue weighted by Crippen LogP contribution is 2.23. The van der Waals surface area contributed by atoms with Crippen molar-refractivity contribution >= 4 is 35.6 Å². The summed E-state index contributed by atoms with van der Waals surface area (Å²) in [6, 6.07) is 11.0. The van der Waals surface area contributed by atoms with Gasteiger partial charge < -0.3 is 16.0 Å². The van der Waals surface area contributed by atoms with E-state index in [0.717, 1.165) is 5.56 Å². The van der Waals surface area contributed by atoms with E-state index in [2.05, 4.69) is 5.32 Å². The van der Waals surface area contributed by atoms with E-state index in [1.807, 2.05) is 13.0 Å². The van der Waals surface area contributed by atoms with Crippen molar-refractivity contribution in [3.05, 3.63) is 59.4 Å². The number of nitrogen functional groups attached to an aromatic ring is 1. The molecule has 27 heavy (non-hydrogen) atoms. The fourth-order valence-electron chi connectivity index (χ4n) is 3.16. The smallest absolute Gasteiger partial charge is 0.254 e. The molecule has 2 aromatic carbocycles. The quantitative estimate of drug-likeness (QED) is 0.784. The number of likely N-dealkylation sites (tertiary alicyclic amines) is 1. The fourth-order valence-corrected chi connectivity index (χ4v) is 3.16. The number of hydrogen-bond donors (Lipinski definition) is 2. The zero-order chi connectivity index (χ0) is 18.7. The third kappa shape index (κ3) is 4.98. The zero-order valence-corrected chi connectivity index (χ0v) is 15.9. The topological polar surface area (TPSA) is 75.4 Å². The lowest BCUT2D eigenvalue weighted by Crippen LogP contribution is -2.41. The van der Waals surface area contributed by atoms with Crippen molar-refractivity contribution in [2.75, 3.05) is 24.1 Å². The summed E-state index contributed by atoms with van der Waals surface area (Å²) in [7, 11) is 0. The minimum Gasteiger partial charge on any atom is -0.399 e. The highest BCUT2D eigenvalue weighted by molar-refractivity contribution is 5.97. The van der Waals surface area contributed by atoms with E-state index in [1.165, 1.54) is 24.3 Å². The molecular weight excluding hydrogens is 369 g/mol. The Hall–Kier alpha value is -2.60. The van der Waals surface area contributed by atoms with Crippen molar-refractivity contribution in [3.8, 4) is 0 Å². The molecule has 0 unspecified atom stereocenters. The van der Waals surface area contributed by atoms with E-state index in [0.29, 0.717) is 42.9 Å². The lowest BCUT2D eigenvalue weighted by Gasteiger charge is -2.31. The van der Waals surface area contributed by atoms with Gasteiger partial charge in [-0.25, -0.2) is 4.39 Å². The Morgan fingerprint density at radius 2 is 1.74 bits per heavy atom. The number of nitrogens with one attached hydrogen (secondary N) is 1. The first-order valence-electron chi connectivity index (χ1n) is 8.66. The molecule has 0 aromatic heterocycles. The van der Waals surface area contributed by atoms with Gasteiger partial charge in [0.25, 0.3) is 5.91 Å². The van der Waals surface area contributed by atoms with Gasteiger partial charge in [-0.3, -0.25) is 9.59 Å². The molecule has 1 saturated heterocycles. The van der Waals surface area contributed by atoms with Crippen LogP contribution < -0.4 is 11.1 Å². The lowest BCUT2D eigenvalue weighted by molar-refractivity contribution is -0.121. The van der Waals surface area contributed by atoms with Crippen molar-refractivity contribution in [1.82, 2.24) is 4.90 Å². The number of aryl methyl sites for hydroxylation is 1. The van der Waals surface area contributed by atoms with Crippen molar-refractivity contribution in [1.29, 1.82) is 0 Å². The Morgan fingerprint density at radius 3 is 2.37 bits per heavy atom. The molecule has 0 bridgehead atoms. The monoisotopic (exact) mass is 391 g/mol. The largest absolute Gasteiger partial charge is 0.399 e. The summed E-state index contributed by atoms with van der Waals surface area (Å²) in [6.45, 7) is 2.93. The van der Waals surface area contributed by atoms with Crippen LogP contribution in [0, 0.1) is 18.7 Å². The van der Waals surface area contributed by atoms with E-state index in [9.17, 15) is 14.0 Å². The van der Waals surface area contributed by atoms with Crippen molar-refractivity contribution in [2.24, 2.45) is 5.92 Å². The second kappa shape index (κ2) is 8.86. The standard InChI is InChI=1S/C20H22FN3O2.ClH/c1-13-2-5-16(22)12-18(13)20(26)24-10-8-14(9-11-24)19(25)23-17-6-3-15(21)4-7-17;/h2-7,12,14H,8-11,22H2,1H3,(H,23,25);1H. The molecule has 3 rings (SSSR count). The van der Waals surface area contributed by atoms with Crippen LogP contribution in [0.4, 0.5) is 15.8 Å². The van der Waals surface area contributed by atoms with Crippen LogP contribution in [0.2, 0.25) is 0 Å². The van der Waals surface area contributed by atoms with Crippen LogP contribution >= 0.6 is 12.4 Å². The second-order valence-corrected chi connectivity index (χ2v) is 6.64. The average Bonchev–Trinajstić information content (AvgIpc) is 2.65. The number of rotatable bonds is 3. The van der Waals surface area contributed by atoms with E-state index < -0.39 is 0 Å². The van der Waals surface area contributed by atoms with Crippen LogP contribution in [-0.4, -0.2) is 29.8 Å². The summed E-state index contributed by atoms with van der Waals surface area (Å²) in [4.78, 5) is 26.8. The minimum atomic E-state index is -0.341. The summed E-state index contributed by atoms with van der Waals surface area (Å²) >= 11 is 0. The summed E-state index contributed by atoms with van der Waals surface area (Å²) in [5, 5.41) is 2.81. The van der Waals surface area contributed by atoms with Gasteiger partial charge in [-0.2, -0.15) is 0 Å². The molecule has 0 aliphatic carbocycles. The number of benzene rings is 2. The fraction of sp³-hybridized carbons (Fsp3) is 0.300. The van der Waals surface area contributed by atoms with Crippen LogP contribution in [0.5, 0.6) is 0 Å². The number of hydrogen-bond acceptors (Lipinski definition) is 3. The normalized spacial score (nSPS) is 14.4. The van der Waals surface area contributed by atoms with Gasteiger partial charge in [-0.05, 0) is 61.7 Å². The SMILES string of the molecule is Cc1ccc(N)cc1C(=O)N1CCC(C(=O)Nc2ccc(F)cc2)CC1.Cl. The average molecular weight is 392 g/mol. The number of carbonyl (C=O) groups excluding carboxylic acids is 2. The molecule has 7 heteroatoms. The molecule has 5 nitrogen and oxygen atoms in total. The van der Waals surface area contributed by atoms with Crippen LogP contribution in [0.3, 0.4) is 0 Å². The molecule has 0 saturated carbocycles. The molecule has 2 aromatic rings. The first-order valence-corrected chi connectivity index (χ1v) is 8.66. The maximum atomic E-state index is 12.9. The summed E-state index contributed by atoms with van der Waals surface area (Å²) < 4.78 is 12.9. The van der Waals surface area contributed by atoms with Gasteiger partial charge in [0.15, 0.2) is 0 Å². The van der Waals surface area contributed by atoms with E-state index >= 15 is 0 Å². The summed E-state index contributed by atoms with van der Waals surface area (Å²) in [5.74, 6) is -0.645. The molecule has 0 spiro atoms. The molecule has 0 radical (unpaired) electrons. The van der Waals surface area contributed by atoms with Crippen molar-refractivity contribution in [3.63, 3.8) is 0 Å². The highest BCUT2D eigenvalue weighted by Gasteiger charge is 2.28. The summed E-state index contributed by atoms with van der Waals surface area (Å²) in [6.07, 6.45) is 1.19. The van der Waals surface area contributed by atoms with Gasteiger partial charge >= 0.3 is 0 Å². The first kappa shape index (κ1) is 20.7. The number of nitrogens with two attached hydrogens (primary N) is 1. The number of anilines is 2. The maximum Gasteiger partial charge on any atom is 0.254 e. The number of halogens is 2. The van der Waals surface area contributed by atoms with Gasteiger partial charge in [0.2, 0.25) is 5.91 Å². The molecule has 144 valence electrons. The molecular formula is C20H23ClFN3O2. The Morgan fingerprint density at radius 1 is 1.11 bits per heavy atom. The number of amides is 2. The predicted molar refractivity (Wildman–Crippen MR) is 106 cm³/mol. The Balaban J connectivity index is 0.00000261. The molecule has 1 aliphatic heterocycles. The second-order valence-electron chi connectivity index (χ2n) is 6.64. The van der Waals surface area contributed by atoms with Gasteiger partial charge in [-0.1, -0.05) is 6.07 Å². The van der Waals surface area contributed by atoms with Gasteiger partial charge in [0.05, 0.1) is 0 Å². The van der Waals surface area contributed by atoms with Crippen LogP contribution in [0.25, 0.3) is 0 Å². The minimum absolute atomic E-state index is 0. The van der Waals surface area contributed by atoms with E-state index in [4.69, 9.17) is 5.73 Å². The Bertz CT molecular complexity index is 818. The zero-order valence-electron chi connectivity index (χ0n) is 15.1. The Kier molecular flexibility index (Phi) is 6.80. The molecule has 0 atom stereocenters.